The average molecular weight is 389 g/mol. The van der Waals surface area contributed by atoms with E-state index in [2.05, 4.69) is 5.32 Å². The minimum Gasteiger partial charge on any atom is -0.478 e. The first-order valence-electron chi connectivity index (χ1n) is 9.77. The molecule has 2 N–H and O–H groups in total. The van der Waals surface area contributed by atoms with E-state index < -0.39 is 5.97 Å². The molecule has 0 aromatic heterocycles. The Morgan fingerprint density at radius 3 is 2.45 bits per heavy atom. The Morgan fingerprint density at radius 1 is 0.966 bits per heavy atom. The molecule has 1 heterocycles. The SMILES string of the molecule is O=C(O)c1ccc(-c2ccccc2)cc1Nc1ccc(OC2CCCCO2)cc1. The highest BCUT2D eigenvalue weighted by atomic mass is 16.7. The second-order valence-electron chi connectivity index (χ2n) is 6.99. The number of hydrogen-bond acceptors (Lipinski definition) is 4. The Hall–Kier alpha value is -3.31. The van der Waals surface area contributed by atoms with E-state index in [1.807, 2.05) is 66.7 Å². The van der Waals surface area contributed by atoms with Crippen LogP contribution < -0.4 is 10.1 Å². The van der Waals surface area contributed by atoms with Gasteiger partial charge >= 0.3 is 5.97 Å². The summed E-state index contributed by atoms with van der Waals surface area (Å²) in [6.07, 6.45) is 2.90. The summed E-state index contributed by atoms with van der Waals surface area (Å²) in [6.45, 7) is 0.736. The number of carboxylic acids is 1. The van der Waals surface area contributed by atoms with E-state index in [9.17, 15) is 9.90 Å². The number of anilines is 2. The first-order chi connectivity index (χ1) is 14.2. The molecule has 0 saturated carbocycles. The van der Waals surface area contributed by atoms with Gasteiger partial charge in [-0.3, -0.25) is 0 Å². The van der Waals surface area contributed by atoms with Crippen molar-refractivity contribution in [1.29, 1.82) is 0 Å². The van der Waals surface area contributed by atoms with Crippen LogP contribution in [0.3, 0.4) is 0 Å². The van der Waals surface area contributed by atoms with Gasteiger partial charge in [0.25, 0.3) is 0 Å². The van der Waals surface area contributed by atoms with Crippen LogP contribution in [0.5, 0.6) is 5.75 Å². The highest BCUT2D eigenvalue weighted by Crippen LogP contribution is 2.29. The summed E-state index contributed by atoms with van der Waals surface area (Å²) in [5, 5.41) is 12.8. The van der Waals surface area contributed by atoms with E-state index in [-0.39, 0.29) is 11.9 Å². The van der Waals surface area contributed by atoms with Gasteiger partial charge in [-0.1, -0.05) is 36.4 Å². The number of carboxylic acid groups (broad SMARTS) is 1. The van der Waals surface area contributed by atoms with Gasteiger partial charge in [0.05, 0.1) is 17.9 Å². The molecule has 4 rings (SSSR count). The fraction of sp³-hybridized carbons (Fsp3) is 0.208. The largest absolute Gasteiger partial charge is 0.478 e. The summed E-state index contributed by atoms with van der Waals surface area (Å²) in [5.41, 5.74) is 3.54. The maximum Gasteiger partial charge on any atom is 0.337 e. The zero-order chi connectivity index (χ0) is 20.1. The monoisotopic (exact) mass is 389 g/mol. The third-order valence-corrected chi connectivity index (χ3v) is 4.90. The van der Waals surface area contributed by atoms with Crippen LogP contribution in [-0.4, -0.2) is 24.0 Å². The Kier molecular flexibility index (Phi) is 5.77. The van der Waals surface area contributed by atoms with Gasteiger partial charge in [-0.05, 0) is 60.4 Å². The molecule has 3 aromatic rings. The average Bonchev–Trinajstić information content (AvgIpc) is 2.76. The fourth-order valence-electron chi connectivity index (χ4n) is 3.37. The maximum absolute atomic E-state index is 11.7. The first kappa shape index (κ1) is 19.0. The maximum atomic E-state index is 11.7. The summed E-state index contributed by atoms with van der Waals surface area (Å²) in [7, 11) is 0. The lowest BCUT2D eigenvalue weighted by Gasteiger charge is -2.23. The quantitative estimate of drug-likeness (QED) is 0.566. The van der Waals surface area contributed by atoms with Gasteiger partial charge in [0.15, 0.2) is 6.29 Å². The standard InChI is InChI=1S/C24H23NO4/c26-24(27)21-14-9-18(17-6-2-1-3-7-17)16-22(21)25-19-10-12-20(13-11-19)29-23-8-4-5-15-28-23/h1-3,6-7,9-14,16,23,25H,4-5,8,15H2,(H,26,27). The second kappa shape index (κ2) is 8.80. The molecule has 3 aromatic carbocycles. The van der Waals surface area contributed by atoms with Crippen LogP contribution in [0, 0.1) is 0 Å². The molecule has 29 heavy (non-hydrogen) atoms. The van der Waals surface area contributed by atoms with Crippen molar-refractivity contribution in [2.24, 2.45) is 0 Å². The van der Waals surface area contributed by atoms with E-state index in [4.69, 9.17) is 9.47 Å². The Bertz CT molecular complexity index is 964. The number of aromatic carboxylic acids is 1. The van der Waals surface area contributed by atoms with E-state index in [1.54, 1.807) is 6.07 Å². The Morgan fingerprint density at radius 2 is 1.76 bits per heavy atom. The number of ether oxygens (including phenoxy) is 2. The molecule has 1 aliphatic heterocycles. The van der Waals surface area contributed by atoms with Crippen molar-refractivity contribution in [3.05, 3.63) is 78.4 Å². The minimum absolute atomic E-state index is 0.191. The van der Waals surface area contributed by atoms with E-state index in [1.165, 1.54) is 0 Å². The number of nitrogens with one attached hydrogen (secondary N) is 1. The normalized spacial score (nSPS) is 16.2. The van der Waals surface area contributed by atoms with E-state index in [0.29, 0.717) is 5.69 Å². The molecule has 0 amide bonds. The molecule has 0 aliphatic carbocycles. The molecule has 5 heteroatoms. The Balaban J connectivity index is 1.53. The highest BCUT2D eigenvalue weighted by Gasteiger charge is 2.15. The number of hydrogen-bond donors (Lipinski definition) is 2. The second-order valence-corrected chi connectivity index (χ2v) is 6.99. The molecule has 0 bridgehead atoms. The molecule has 148 valence electrons. The number of carbonyl (C=O) groups is 1. The van der Waals surface area contributed by atoms with Crippen LogP contribution in [-0.2, 0) is 4.74 Å². The summed E-state index contributed by atoms with van der Waals surface area (Å²) >= 11 is 0. The van der Waals surface area contributed by atoms with Gasteiger partial charge in [0.2, 0.25) is 0 Å². The predicted molar refractivity (Wildman–Crippen MR) is 113 cm³/mol. The summed E-state index contributed by atoms with van der Waals surface area (Å²) in [6, 6.07) is 22.7. The summed E-state index contributed by atoms with van der Waals surface area (Å²) < 4.78 is 11.5. The van der Waals surface area contributed by atoms with Crippen LogP contribution in [0.25, 0.3) is 11.1 Å². The van der Waals surface area contributed by atoms with Gasteiger partial charge in [0.1, 0.15) is 5.75 Å². The molecule has 5 nitrogen and oxygen atoms in total. The van der Waals surface area contributed by atoms with Crippen LogP contribution in [0.2, 0.25) is 0 Å². The lowest BCUT2D eigenvalue weighted by atomic mass is 10.0. The van der Waals surface area contributed by atoms with Crippen molar-refractivity contribution in [2.75, 3.05) is 11.9 Å². The lowest BCUT2D eigenvalue weighted by molar-refractivity contribution is -0.105. The zero-order valence-corrected chi connectivity index (χ0v) is 16.0. The van der Waals surface area contributed by atoms with E-state index in [0.717, 1.165) is 48.4 Å². The van der Waals surface area contributed by atoms with Gasteiger partial charge in [-0.2, -0.15) is 0 Å². The number of rotatable bonds is 6. The van der Waals surface area contributed by atoms with Crippen LogP contribution in [0.15, 0.2) is 72.8 Å². The molecule has 1 aliphatic rings. The van der Waals surface area contributed by atoms with Gasteiger partial charge in [0, 0.05) is 12.1 Å². The third kappa shape index (κ3) is 4.76. The van der Waals surface area contributed by atoms with Gasteiger partial charge in [-0.25, -0.2) is 4.79 Å². The lowest BCUT2D eigenvalue weighted by Crippen LogP contribution is -2.24. The third-order valence-electron chi connectivity index (χ3n) is 4.90. The fourth-order valence-corrected chi connectivity index (χ4v) is 3.37. The van der Waals surface area contributed by atoms with Crippen molar-refractivity contribution >= 4 is 17.3 Å². The molecule has 1 atom stereocenters. The molecule has 0 spiro atoms. The topological polar surface area (TPSA) is 67.8 Å². The van der Waals surface area contributed by atoms with Crippen molar-refractivity contribution in [2.45, 2.75) is 25.6 Å². The molecular weight excluding hydrogens is 366 g/mol. The minimum atomic E-state index is -0.971. The smallest absolute Gasteiger partial charge is 0.337 e. The summed E-state index contributed by atoms with van der Waals surface area (Å²) in [5.74, 6) is -0.236. The van der Waals surface area contributed by atoms with Crippen LogP contribution in [0.1, 0.15) is 29.6 Å². The van der Waals surface area contributed by atoms with Crippen LogP contribution >= 0.6 is 0 Å². The predicted octanol–water partition coefficient (Wildman–Crippen LogP) is 5.70. The van der Waals surface area contributed by atoms with Crippen LogP contribution in [0.4, 0.5) is 11.4 Å². The van der Waals surface area contributed by atoms with Crippen molar-refractivity contribution in [1.82, 2.24) is 0 Å². The number of benzene rings is 3. The molecular formula is C24H23NO4. The van der Waals surface area contributed by atoms with Crippen molar-refractivity contribution in [3.63, 3.8) is 0 Å². The van der Waals surface area contributed by atoms with E-state index >= 15 is 0 Å². The molecule has 1 fully saturated rings. The van der Waals surface area contributed by atoms with Gasteiger partial charge < -0.3 is 19.9 Å². The van der Waals surface area contributed by atoms with Crippen molar-refractivity contribution in [3.8, 4) is 16.9 Å². The Labute approximate surface area is 169 Å². The van der Waals surface area contributed by atoms with Gasteiger partial charge in [-0.15, -0.1) is 0 Å². The molecule has 0 radical (unpaired) electrons. The molecule has 1 saturated heterocycles. The highest BCUT2D eigenvalue weighted by molar-refractivity contribution is 5.96. The summed E-state index contributed by atoms with van der Waals surface area (Å²) in [4.78, 5) is 11.7. The molecule has 1 unspecified atom stereocenters. The zero-order valence-electron chi connectivity index (χ0n) is 16.0. The van der Waals surface area contributed by atoms with Crippen molar-refractivity contribution < 1.29 is 19.4 Å². The first-order valence-corrected chi connectivity index (χ1v) is 9.77.